The number of ether oxygens (including phenoxy) is 1. The van der Waals surface area contributed by atoms with Gasteiger partial charge in [-0.15, -0.1) is 0 Å². The van der Waals surface area contributed by atoms with Crippen LogP contribution in [0.1, 0.15) is 37.8 Å². The van der Waals surface area contributed by atoms with E-state index in [-0.39, 0.29) is 0 Å². The van der Waals surface area contributed by atoms with Crippen molar-refractivity contribution >= 4 is 5.97 Å². The lowest BCUT2D eigenvalue weighted by Gasteiger charge is -2.03. The van der Waals surface area contributed by atoms with Crippen LogP contribution in [0.4, 0.5) is 0 Å². The van der Waals surface area contributed by atoms with Crippen molar-refractivity contribution in [2.24, 2.45) is 0 Å². The van der Waals surface area contributed by atoms with E-state index in [9.17, 15) is 4.79 Å². The Labute approximate surface area is 96.6 Å². The van der Waals surface area contributed by atoms with Gasteiger partial charge in [-0.25, -0.2) is 4.79 Å². The quantitative estimate of drug-likeness (QED) is 0.561. The molecule has 0 saturated carbocycles. The van der Waals surface area contributed by atoms with Crippen LogP contribution in [0.3, 0.4) is 0 Å². The number of rotatable bonds is 2. The Morgan fingerprint density at radius 2 is 1.94 bits per heavy atom. The molecule has 0 aliphatic carbocycles. The lowest BCUT2D eigenvalue weighted by atomic mass is 10.0. The van der Waals surface area contributed by atoms with Gasteiger partial charge in [0.15, 0.2) is 0 Å². The molecule has 0 heterocycles. The van der Waals surface area contributed by atoms with Gasteiger partial charge in [-0.2, -0.15) is 0 Å². The summed E-state index contributed by atoms with van der Waals surface area (Å²) in [6.07, 6.45) is 0. The lowest BCUT2D eigenvalue weighted by molar-refractivity contribution is -0.136. The fraction of sp³-hybridized carbons (Fsp3) is 0.357. The highest BCUT2D eigenvalue weighted by Crippen LogP contribution is 2.13. The van der Waals surface area contributed by atoms with Gasteiger partial charge in [0.05, 0.1) is 6.61 Å². The molecular weight excluding hydrogens is 200 g/mol. The normalized spacial score (nSPS) is 9.50. The summed E-state index contributed by atoms with van der Waals surface area (Å²) in [4.78, 5) is 11.0. The minimum absolute atomic E-state index is 0.361. The van der Waals surface area contributed by atoms with E-state index in [1.54, 1.807) is 6.92 Å². The molecule has 0 unspecified atom stereocenters. The predicted molar refractivity (Wildman–Crippen MR) is 64.0 cm³/mol. The third kappa shape index (κ3) is 3.78. The maximum Gasteiger partial charge on any atom is 0.384 e. The molecule has 0 aliphatic rings. The van der Waals surface area contributed by atoms with Crippen LogP contribution in [-0.4, -0.2) is 12.6 Å². The van der Waals surface area contributed by atoms with E-state index >= 15 is 0 Å². The summed E-state index contributed by atoms with van der Waals surface area (Å²) in [5.41, 5.74) is 2.10. The summed E-state index contributed by atoms with van der Waals surface area (Å²) in [7, 11) is 0. The molecule has 1 aromatic rings. The zero-order valence-corrected chi connectivity index (χ0v) is 9.91. The van der Waals surface area contributed by atoms with Crippen LogP contribution < -0.4 is 0 Å². The first-order valence-corrected chi connectivity index (χ1v) is 5.42. The number of carbonyl (C=O) groups is 1. The van der Waals surface area contributed by atoms with E-state index in [2.05, 4.69) is 25.7 Å². The van der Waals surface area contributed by atoms with Crippen LogP contribution in [0.15, 0.2) is 24.3 Å². The molecule has 84 valence electrons. The zero-order valence-electron chi connectivity index (χ0n) is 9.91. The summed E-state index contributed by atoms with van der Waals surface area (Å²) >= 11 is 0. The average molecular weight is 216 g/mol. The summed E-state index contributed by atoms with van der Waals surface area (Å²) in [6.45, 7) is 6.40. The monoisotopic (exact) mass is 216 g/mol. The van der Waals surface area contributed by atoms with Gasteiger partial charge in [-0.05, 0) is 30.5 Å². The number of carbonyl (C=O) groups excluding carboxylic acids is 1. The molecule has 16 heavy (non-hydrogen) atoms. The molecule has 0 fully saturated rings. The predicted octanol–water partition coefficient (Wildman–Crippen LogP) is 2.72. The highest BCUT2D eigenvalue weighted by atomic mass is 16.5. The van der Waals surface area contributed by atoms with Crippen molar-refractivity contribution in [1.82, 2.24) is 0 Å². The second-order valence-electron chi connectivity index (χ2n) is 3.75. The molecule has 0 radical (unpaired) electrons. The van der Waals surface area contributed by atoms with E-state index in [0.717, 1.165) is 5.56 Å². The van der Waals surface area contributed by atoms with Crippen molar-refractivity contribution < 1.29 is 9.53 Å². The Morgan fingerprint density at radius 1 is 1.31 bits per heavy atom. The zero-order chi connectivity index (χ0) is 12.0. The molecule has 0 bridgehead atoms. The molecule has 0 atom stereocenters. The van der Waals surface area contributed by atoms with Crippen molar-refractivity contribution in [2.75, 3.05) is 6.61 Å². The Bertz CT molecular complexity index is 405. The Morgan fingerprint density at radius 3 is 2.44 bits per heavy atom. The van der Waals surface area contributed by atoms with Gasteiger partial charge in [0.1, 0.15) is 0 Å². The number of hydrogen-bond acceptors (Lipinski definition) is 2. The molecule has 2 heteroatoms. The fourth-order valence-corrected chi connectivity index (χ4v) is 1.24. The lowest BCUT2D eigenvalue weighted by Crippen LogP contribution is -1.99. The molecule has 0 amide bonds. The maximum absolute atomic E-state index is 11.0. The van der Waals surface area contributed by atoms with Crippen molar-refractivity contribution in [2.45, 2.75) is 26.7 Å². The summed E-state index contributed by atoms with van der Waals surface area (Å²) in [6, 6.07) is 7.89. The Balaban J connectivity index is 2.72. The van der Waals surface area contributed by atoms with Crippen molar-refractivity contribution in [3.05, 3.63) is 35.4 Å². The molecule has 0 N–H and O–H groups in total. The highest BCUT2D eigenvalue weighted by molar-refractivity contribution is 5.89. The SMILES string of the molecule is CCOC(=O)C#Cc1ccc(C(C)C)cc1. The van der Waals surface area contributed by atoms with Crippen molar-refractivity contribution in [1.29, 1.82) is 0 Å². The molecule has 0 saturated heterocycles. The number of esters is 1. The number of benzene rings is 1. The molecule has 0 spiro atoms. The molecular formula is C14H16O2. The smallest absolute Gasteiger partial charge is 0.384 e. The van der Waals surface area contributed by atoms with Crippen LogP contribution in [-0.2, 0) is 9.53 Å². The van der Waals surface area contributed by atoms with Crippen LogP contribution in [0.5, 0.6) is 0 Å². The Hall–Kier alpha value is -1.75. The van der Waals surface area contributed by atoms with Gasteiger partial charge in [0.25, 0.3) is 0 Å². The van der Waals surface area contributed by atoms with Gasteiger partial charge in [0.2, 0.25) is 0 Å². The number of hydrogen-bond donors (Lipinski definition) is 0. The summed E-state index contributed by atoms with van der Waals surface area (Å²) in [5.74, 6) is 5.24. The molecule has 0 aromatic heterocycles. The second-order valence-corrected chi connectivity index (χ2v) is 3.75. The van der Waals surface area contributed by atoms with Crippen LogP contribution in [0.2, 0.25) is 0 Å². The minimum Gasteiger partial charge on any atom is -0.456 e. The van der Waals surface area contributed by atoms with Gasteiger partial charge in [-0.3, -0.25) is 0 Å². The van der Waals surface area contributed by atoms with Crippen LogP contribution in [0.25, 0.3) is 0 Å². The van der Waals surface area contributed by atoms with Crippen LogP contribution in [0, 0.1) is 11.8 Å². The van der Waals surface area contributed by atoms with E-state index in [4.69, 9.17) is 4.74 Å². The molecule has 1 aromatic carbocycles. The first kappa shape index (κ1) is 12.3. The van der Waals surface area contributed by atoms with Gasteiger partial charge in [0, 0.05) is 11.5 Å². The van der Waals surface area contributed by atoms with Crippen molar-refractivity contribution in [3.63, 3.8) is 0 Å². The Kier molecular flexibility index (Phi) is 4.60. The molecule has 1 rings (SSSR count). The second kappa shape index (κ2) is 5.97. The van der Waals surface area contributed by atoms with E-state index in [0.29, 0.717) is 12.5 Å². The van der Waals surface area contributed by atoms with Crippen molar-refractivity contribution in [3.8, 4) is 11.8 Å². The maximum atomic E-state index is 11.0. The van der Waals surface area contributed by atoms with E-state index < -0.39 is 5.97 Å². The van der Waals surface area contributed by atoms with Gasteiger partial charge < -0.3 is 4.74 Å². The minimum atomic E-state index is -0.476. The fourth-order valence-electron chi connectivity index (χ4n) is 1.24. The highest BCUT2D eigenvalue weighted by Gasteiger charge is 1.97. The third-order valence-corrected chi connectivity index (χ3v) is 2.16. The largest absolute Gasteiger partial charge is 0.456 e. The molecule has 0 aliphatic heterocycles. The standard InChI is InChI=1S/C14H16O2/c1-4-16-14(15)10-7-12-5-8-13(9-6-12)11(2)3/h5-6,8-9,11H,4H2,1-3H3. The van der Waals surface area contributed by atoms with Crippen LogP contribution >= 0.6 is 0 Å². The first-order valence-electron chi connectivity index (χ1n) is 5.42. The molecule has 2 nitrogen and oxygen atoms in total. The summed E-state index contributed by atoms with van der Waals surface area (Å²) in [5, 5.41) is 0. The summed E-state index contributed by atoms with van der Waals surface area (Å²) < 4.78 is 4.71. The van der Waals surface area contributed by atoms with E-state index in [1.165, 1.54) is 5.56 Å². The van der Waals surface area contributed by atoms with E-state index in [1.807, 2.05) is 24.3 Å². The van der Waals surface area contributed by atoms with Gasteiger partial charge in [-0.1, -0.05) is 31.9 Å². The third-order valence-electron chi connectivity index (χ3n) is 2.16. The average Bonchev–Trinajstić information content (AvgIpc) is 2.27. The topological polar surface area (TPSA) is 26.3 Å². The van der Waals surface area contributed by atoms with Gasteiger partial charge >= 0.3 is 5.97 Å². The first-order chi connectivity index (χ1) is 7.63.